The number of non-ortho nitro benzene ring substituents is 1. The summed E-state index contributed by atoms with van der Waals surface area (Å²) in [5.74, 6) is -0.706. The molecular formula is C9H10FN3O2. The topological polar surface area (TPSA) is 58.7 Å². The van der Waals surface area contributed by atoms with Gasteiger partial charge in [-0.25, -0.2) is 9.38 Å². The highest BCUT2D eigenvalue weighted by atomic mass is 19.1. The van der Waals surface area contributed by atoms with Gasteiger partial charge in [0.15, 0.2) is 5.82 Å². The van der Waals surface area contributed by atoms with Gasteiger partial charge in [-0.2, -0.15) is 0 Å². The van der Waals surface area contributed by atoms with Crippen LogP contribution in [-0.4, -0.2) is 30.3 Å². The standard InChI is InChI=1S/C9H10FN3O2/c1-12(2)6-11-9-4-3-7(13(14)15)5-8(9)10/h3-6H,1-2H3/b11-6-. The molecule has 0 spiro atoms. The van der Waals surface area contributed by atoms with E-state index in [2.05, 4.69) is 4.99 Å². The summed E-state index contributed by atoms with van der Waals surface area (Å²) in [6, 6.07) is 3.33. The van der Waals surface area contributed by atoms with Crippen LogP contribution in [0.15, 0.2) is 23.2 Å². The number of hydrogen-bond acceptors (Lipinski definition) is 3. The van der Waals surface area contributed by atoms with Crippen molar-refractivity contribution < 1.29 is 9.31 Å². The number of nitrogens with zero attached hydrogens (tertiary/aromatic N) is 3. The van der Waals surface area contributed by atoms with Crippen LogP contribution in [0.4, 0.5) is 15.8 Å². The van der Waals surface area contributed by atoms with E-state index in [0.29, 0.717) is 0 Å². The van der Waals surface area contributed by atoms with Crippen LogP contribution in [0, 0.1) is 15.9 Å². The van der Waals surface area contributed by atoms with Crippen molar-refractivity contribution in [2.24, 2.45) is 4.99 Å². The minimum absolute atomic E-state index is 0.0781. The van der Waals surface area contributed by atoms with E-state index < -0.39 is 10.7 Å². The molecule has 0 fully saturated rings. The second-order valence-electron chi connectivity index (χ2n) is 3.10. The lowest BCUT2D eigenvalue weighted by atomic mass is 10.3. The van der Waals surface area contributed by atoms with Crippen LogP contribution in [0.25, 0.3) is 0 Å². The van der Waals surface area contributed by atoms with Crippen LogP contribution >= 0.6 is 0 Å². The summed E-state index contributed by atoms with van der Waals surface area (Å²) in [6.07, 6.45) is 1.42. The molecule has 0 unspecified atom stereocenters. The van der Waals surface area contributed by atoms with E-state index >= 15 is 0 Å². The summed E-state index contributed by atoms with van der Waals surface area (Å²) >= 11 is 0. The molecule has 0 N–H and O–H groups in total. The van der Waals surface area contributed by atoms with Gasteiger partial charge in [-0.15, -0.1) is 0 Å². The van der Waals surface area contributed by atoms with Crippen molar-refractivity contribution in [3.8, 4) is 0 Å². The highest BCUT2D eigenvalue weighted by Gasteiger charge is 2.09. The Hall–Kier alpha value is -1.98. The molecule has 1 aromatic rings. The minimum atomic E-state index is -0.706. The SMILES string of the molecule is CN(C)/C=N\c1ccc([N+](=O)[O-])cc1F. The van der Waals surface area contributed by atoms with Gasteiger partial charge in [0, 0.05) is 20.2 Å². The fourth-order valence-electron chi connectivity index (χ4n) is 0.892. The Balaban J connectivity index is 2.98. The fourth-order valence-corrected chi connectivity index (χ4v) is 0.892. The van der Waals surface area contributed by atoms with Crippen molar-refractivity contribution >= 4 is 17.7 Å². The lowest BCUT2D eigenvalue weighted by Crippen LogP contribution is -2.07. The maximum absolute atomic E-state index is 13.2. The molecule has 1 rings (SSSR count). The maximum Gasteiger partial charge on any atom is 0.272 e. The van der Waals surface area contributed by atoms with Crippen molar-refractivity contribution in [1.82, 2.24) is 4.90 Å². The number of aliphatic imine (C=N–C) groups is 1. The van der Waals surface area contributed by atoms with E-state index in [9.17, 15) is 14.5 Å². The summed E-state index contributed by atoms with van der Waals surface area (Å²) in [6.45, 7) is 0. The Morgan fingerprint density at radius 1 is 1.53 bits per heavy atom. The van der Waals surface area contributed by atoms with E-state index in [4.69, 9.17) is 0 Å². The van der Waals surface area contributed by atoms with Crippen molar-refractivity contribution in [2.45, 2.75) is 0 Å². The Labute approximate surface area is 86.0 Å². The Morgan fingerprint density at radius 3 is 2.67 bits per heavy atom. The third kappa shape index (κ3) is 3.01. The zero-order chi connectivity index (χ0) is 11.4. The molecule has 0 aromatic heterocycles. The van der Waals surface area contributed by atoms with Crippen LogP contribution in [0.5, 0.6) is 0 Å². The molecule has 0 saturated heterocycles. The highest BCUT2D eigenvalue weighted by Crippen LogP contribution is 2.22. The summed E-state index contributed by atoms with van der Waals surface area (Å²) in [4.78, 5) is 15.1. The van der Waals surface area contributed by atoms with Crippen LogP contribution in [0.3, 0.4) is 0 Å². The summed E-state index contributed by atoms with van der Waals surface area (Å²) in [7, 11) is 3.49. The molecule has 0 bridgehead atoms. The molecule has 5 nitrogen and oxygen atoms in total. The predicted octanol–water partition coefficient (Wildman–Crippen LogP) is 1.96. The first-order valence-electron chi connectivity index (χ1n) is 4.15. The van der Waals surface area contributed by atoms with E-state index in [1.54, 1.807) is 19.0 Å². The summed E-state index contributed by atoms with van der Waals surface area (Å²) < 4.78 is 13.2. The molecule has 0 aliphatic rings. The van der Waals surface area contributed by atoms with Crippen LogP contribution in [-0.2, 0) is 0 Å². The molecule has 0 aliphatic heterocycles. The first kappa shape index (κ1) is 11.1. The van der Waals surface area contributed by atoms with Gasteiger partial charge in [0.05, 0.1) is 17.3 Å². The molecule has 1 aromatic carbocycles. The Bertz CT molecular complexity index is 404. The second-order valence-corrected chi connectivity index (χ2v) is 3.10. The number of benzene rings is 1. The summed E-state index contributed by atoms with van der Waals surface area (Å²) in [5, 5.41) is 10.3. The quantitative estimate of drug-likeness (QED) is 0.332. The van der Waals surface area contributed by atoms with Gasteiger partial charge in [-0.05, 0) is 6.07 Å². The normalized spacial score (nSPS) is 10.6. The van der Waals surface area contributed by atoms with E-state index in [-0.39, 0.29) is 11.4 Å². The third-order valence-electron chi connectivity index (χ3n) is 1.57. The number of nitro benzene ring substituents is 1. The lowest BCUT2D eigenvalue weighted by molar-refractivity contribution is -0.385. The second kappa shape index (κ2) is 4.50. The van der Waals surface area contributed by atoms with Gasteiger partial charge in [-0.1, -0.05) is 0 Å². The maximum atomic E-state index is 13.2. The van der Waals surface area contributed by atoms with Crippen LogP contribution < -0.4 is 0 Å². The molecule has 6 heteroatoms. The van der Waals surface area contributed by atoms with Gasteiger partial charge < -0.3 is 4.90 Å². The molecular weight excluding hydrogens is 201 g/mol. The third-order valence-corrected chi connectivity index (χ3v) is 1.57. The molecule has 0 atom stereocenters. The molecule has 0 heterocycles. The van der Waals surface area contributed by atoms with Crippen molar-refractivity contribution in [3.05, 3.63) is 34.1 Å². The van der Waals surface area contributed by atoms with Gasteiger partial charge in [0.25, 0.3) is 5.69 Å². The fraction of sp³-hybridized carbons (Fsp3) is 0.222. The van der Waals surface area contributed by atoms with E-state index in [1.807, 2.05) is 0 Å². The average Bonchev–Trinajstić information content (AvgIpc) is 2.15. The largest absolute Gasteiger partial charge is 0.369 e. The molecule has 15 heavy (non-hydrogen) atoms. The Morgan fingerprint density at radius 2 is 2.20 bits per heavy atom. The predicted molar refractivity (Wildman–Crippen MR) is 54.9 cm³/mol. The number of rotatable bonds is 3. The molecule has 0 saturated carbocycles. The molecule has 80 valence electrons. The van der Waals surface area contributed by atoms with E-state index in [1.165, 1.54) is 18.5 Å². The van der Waals surface area contributed by atoms with Crippen LogP contribution in [0.2, 0.25) is 0 Å². The number of hydrogen-bond donors (Lipinski definition) is 0. The molecule has 0 amide bonds. The van der Waals surface area contributed by atoms with Crippen molar-refractivity contribution in [3.63, 3.8) is 0 Å². The first-order chi connectivity index (χ1) is 7.00. The Kier molecular flexibility index (Phi) is 3.33. The van der Waals surface area contributed by atoms with Crippen molar-refractivity contribution in [1.29, 1.82) is 0 Å². The van der Waals surface area contributed by atoms with E-state index in [0.717, 1.165) is 6.07 Å². The highest BCUT2D eigenvalue weighted by molar-refractivity contribution is 5.61. The van der Waals surface area contributed by atoms with Gasteiger partial charge >= 0.3 is 0 Å². The van der Waals surface area contributed by atoms with Gasteiger partial charge in [-0.3, -0.25) is 10.1 Å². The minimum Gasteiger partial charge on any atom is -0.369 e. The smallest absolute Gasteiger partial charge is 0.272 e. The number of halogens is 1. The molecule has 0 aliphatic carbocycles. The van der Waals surface area contributed by atoms with Crippen molar-refractivity contribution in [2.75, 3.05) is 14.1 Å². The average molecular weight is 211 g/mol. The van der Waals surface area contributed by atoms with Gasteiger partial charge in [0.2, 0.25) is 0 Å². The zero-order valence-corrected chi connectivity index (χ0v) is 8.35. The molecule has 0 radical (unpaired) electrons. The van der Waals surface area contributed by atoms with Gasteiger partial charge in [0.1, 0.15) is 5.69 Å². The summed E-state index contributed by atoms with van der Waals surface area (Å²) in [5.41, 5.74) is -0.203. The first-order valence-corrected chi connectivity index (χ1v) is 4.15. The number of nitro groups is 1. The van der Waals surface area contributed by atoms with Crippen LogP contribution in [0.1, 0.15) is 0 Å². The lowest BCUT2D eigenvalue weighted by Gasteiger charge is -2.02. The zero-order valence-electron chi connectivity index (χ0n) is 8.35. The monoisotopic (exact) mass is 211 g/mol.